The molecular weight excluding hydrogens is 537 g/mol. The first-order valence-electron chi connectivity index (χ1n) is 13.0. The molecule has 2 rings (SSSR count). The lowest BCUT2D eigenvalue weighted by molar-refractivity contribution is -0.142. The molecule has 2 aliphatic heterocycles. The van der Waals surface area contributed by atoms with Crippen molar-refractivity contribution in [2.24, 2.45) is 11.7 Å². The minimum atomic E-state index is -5.04. The molecule has 0 spiro atoms. The topological polar surface area (TPSA) is 229 Å². The largest absolute Gasteiger partial charge is 0.469 e. The molecule has 0 saturated carbocycles. The van der Waals surface area contributed by atoms with Crippen LogP contribution in [0.25, 0.3) is 0 Å². The zero-order valence-electron chi connectivity index (χ0n) is 22.4. The van der Waals surface area contributed by atoms with E-state index in [-0.39, 0.29) is 25.3 Å². The SMILES string of the molecule is CC(C)C[C@H](NC(=O)[C@H](COP(=O)(O)O)NC(=O)[C@@H]1CCCN1C(=O)[C@@H](N)[C@@H](C)O)C(=O)N1CCC[C@H]1C=O. The van der Waals surface area contributed by atoms with E-state index >= 15 is 0 Å². The van der Waals surface area contributed by atoms with Gasteiger partial charge in [0.2, 0.25) is 23.6 Å². The Balaban J connectivity index is 2.22. The maximum absolute atomic E-state index is 13.3. The van der Waals surface area contributed by atoms with Crippen LogP contribution in [0.5, 0.6) is 0 Å². The number of carbonyl (C=O) groups excluding carboxylic acids is 5. The Labute approximate surface area is 227 Å². The van der Waals surface area contributed by atoms with Crippen LogP contribution in [-0.4, -0.2) is 111 Å². The molecular formula is C23H40N5O10P. The average Bonchev–Trinajstić information content (AvgIpc) is 3.53. The first-order valence-corrected chi connectivity index (χ1v) is 14.5. The average molecular weight is 578 g/mol. The molecule has 0 unspecified atom stereocenters. The predicted molar refractivity (Wildman–Crippen MR) is 137 cm³/mol. The molecule has 2 fully saturated rings. The monoisotopic (exact) mass is 577 g/mol. The van der Waals surface area contributed by atoms with E-state index < -0.39 is 74.4 Å². The Bertz CT molecular complexity index is 958. The molecule has 0 bridgehead atoms. The summed E-state index contributed by atoms with van der Waals surface area (Å²) in [6.07, 6.45) is 1.52. The number of aliphatic hydroxyl groups is 1. The second-order valence-electron chi connectivity index (χ2n) is 10.4. The molecule has 0 radical (unpaired) electrons. The van der Waals surface area contributed by atoms with Crippen LogP contribution in [0.15, 0.2) is 0 Å². The number of hydrogen-bond acceptors (Lipinski definition) is 9. The Kier molecular flexibility index (Phi) is 12.0. The minimum Gasteiger partial charge on any atom is -0.391 e. The number of likely N-dealkylation sites (tertiary alicyclic amines) is 2. The standard InChI is InChI=1S/C23H40N5O10P/c1-13(2)10-16(22(33)27-8-4-6-15(27)11-29)25-20(31)17(12-38-39(35,36)37)26-21(32)18-7-5-9-28(18)23(34)19(24)14(3)30/h11,13-19,30H,4-10,12,24H2,1-3H3,(H,25,31)(H,26,32)(H2,35,36,37)/t14-,15+,16+,17+,18+,19+/m1/s1. The lowest BCUT2D eigenvalue weighted by atomic mass is 10.0. The van der Waals surface area contributed by atoms with E-state index in [0.29, 0.717) is 32.1 Å². The van der Waals surface area contributed by atoms with Gasteiger partial charge in [-0.15, -0.1) is 0 Å². The van der Waals surface area contributed by atoms with Crippen LogP contribution in [0, 0.1) is 5.92 Å². The third kappa shape index (κ3) is 9.33. The minimum absolute atomic E-state index is 0.0490. The number of nitrogens with zero attached hydrogens (tertiary/aromatic N) is 2. The van der Waals surface area contributed by atoms with Gasteiger partial charge in [-0.2, -0.15) is 0 Å². The molecule has 6 atom stereocenters. The molecule has 16 heteroatoms. The van der Waals surface area contributed by atoms with Crippen LogP contribution in [0.2, 0.25) is 0 Å². The second-order valence-corrected chi connectivity index (χ2v) is 11.6. The summed E-state index contributed by atoms with van der Waals surface area (Å²) in [5.74, 6) is -2.91. The third-order valence-electron chi connectivity index (χ3n) is 6.75. The summed E-state index contributed by atoms with van der Waals surface area (Å²) in [6, 6.07) is -5.62. The van der Waals surface area contributed by atoms with Gasteiger partial charge in [0, 0.05) is 13.1 Å². The first kappa shape index (κ1) is 32.8. The summed E-state index contributed by atoms with van der Waals surface area (Å²) in [6.45, 7) is 4.60. The van der Waals surface area contributed by atoms with Crippen molar-refractivity contribution >= 4 is 37.7 Å². The van der Waals surface area contributed by atoms with Crippen LogP contribution >= 0.6 is 7.82 Å². The van der Waals surface area contributed by atoms with Gasteiger partial charge in [0.25, 0.3) is 0 Å². The Morgan fingerprint density at radius 3 is 2.21 bits per heavy atom. The van der Waals surface area contributed by atoms with Gasteiger partial charge in [0.05, 0.1) is 18.8 Å². The molecule has 0 aliphatic carbocycles. The second kappa shape index (κ2) is 14.3. The van der Waals surface area contributed by atoms with Gasteiger partial charge >= 0.3 is 7.82 Å². The molecule has 2 heterocycles. The number of nitrogens with one attached hydrogen (secondary N) is 2. The lowest BCUT2D eigenvalue weighted by Crippen LogP contribution is -2.59. The Hall–Kier alpha value is -2.42. The fraction of sp³-hybridized carbons (Fsp3) is 0.783. The highest BCUT2D eigenvalue weighted by Crippen LogP contribution is 2.35. The van der Waals surface area contributed by atoms with Gasteiger partial charge in [0.15, 0.2) is 0 Å². The van der Waals surface area contributed by atoms with Gasteiger partial charge in [-0.3, -0.25) is 23.7 Å². The summed E-state index contributed by atoms with van der Waals surface area (Å²) < 4.78 is 15.8. The van der Waals surface area contributed by atoms with Crippen molar-refractivity contribution in [3.05, 3.63) is 0 Å². The van der Waals surface area contributed by atoms with E-state index in [0.717, 1.165) is 0 Å². The van der Waals surface area contributed by atoms with E-state index in [4.69, 9.17) is 5.73 Å². The molecule has 4 amide bonds. The maximum atomic E-state index is 13.3. The summed E-state index contributed by atoms with van der Waals surface area (Å²) >= 11 is 0. The first-order chi connectivity index (χ1) is 18.2. The van der Waals surface area contributed by atoms with E-state index in [1.807, 2.05) is 13.8 Å². The fourth-order valence-electron chi connectivity index (χ4n) is 4.70. The van der Waals surface area contributed by atoms with Gasteiger partial charge in [-0.1, -0.05) is 13.8 Å². The number of aliphatic hydroxyl groups excluding tert-OH is 1. The highest BCUT2D eigenvalue weighted by Gasteiger charge is 2.40. The van der Waals surface area contributed by atoms with Crippen molar-refractivity contribution in [2.75, 3.05) is 19.7 Å². The molecule has 0 aromatic carbocycles. The fourth-order valence-corrected chi connectivity index (χ4v) is 5.04. The van der Waals surface area contributed by atoms with Crippen LogP contribution in [0.4, 0.5) is 0 Å². The van der Waals surface area contributed by atoms with Crippen molar-refractivity contribution in [1.29, 1.82) is 0 Å². The maximum Gasteiger partial charge on any atom is 0.469 e. The van der Waals surface area contributed by atoms with Crippen molar-refractivity contribution in [2.45, 2.75) is 89.2 Å². The molecule has 2 aliphatic rings. The summed E-state index contributed by atoms with van der Waals surface area (Å²) in [5.41, 5.74) is 5.74. The number of phosphoric acid groups is 1. The van der Waals surface area contributed by atoms with Gasteiger partial charge in [0.1, 0.15) is 30.5 Å². The summed E-state index contributed by atoms with van der Waals surface area (Å²) in [4.78, 5) is 84.6. The van der Waals surface area contributed by atoms with Gasteiger partial charge < -0.3 is 45.9 Å². The molecule has 39 heavy (non-hydrogen) atoms. The van der Waals surface area contributed by atoms with Crippen LogP contribution < -0.4 is 16.4 Å². The Morgan fingerprint density at radius 1 is 1.03 bits per heavy atom. The molecule has 0 aromatic rings. The molecule has 222 valence electrons. The quantitative estimate of drug-likeness (QED) is 0.104. The van der Waals surface area contributed by atoms with Crippen LogP contribution in [0.1, 0.15) is 52.9 Å². The Morgan fingerprint density at radius 2 is 1.64 bits per heavy atom. The van der Waals surface area contributed by atoms with Crippen molar-refractivity contribution in [1.82, 2.24) is 20.4 Å². The number of phosphoric ester groups is 1. The van der Waals surface area contributed by atoms with E-state index in [2.05, 4.69) is 15.2 Å². The van der Waals surface area contributed by atoms with Crippen molar-refractivity contribution in [3.63, 3.8) is 0 Å². The van der Waals surface area contributed by atoms with E-state index in [1.54, 1.807) is 0 Å². The number of nitrogens with two attached hydrogens (primary N) is 1. The molecule has 15 nitrogen and oxygen atoms in total. The number of carbonyl (C=O) groups is 5. The van der Waals surface area contributed by atoms with E-state index in [1.165, 1.54) is 16.7 Å². The summed E-state index contributed by atoms with van der Waals surface area (Å²) in [7, 11) is -5.04. The normalized spacial score (nSPS) is 22.8. The number of rotatable bonds is 13. The zero-order valence-corrected chi connectivity index (χ0v) is 23.3. The summed E-state index contributed by atoms with van der Waals surface area (Å²) in [5, 5.41) is 14.6. The number of aldehydes is 1. The molecule has 2 saturated heterocycles. The van der Waals surface area contributed by atoms with Crippen LogP contribution in [-0.2, 0) is 33.1 Å². The van der Waals surface area contributed by atoms with Crippen molar-refractivity contribution in [3.8, 4) is 0 Å². The number of hydrogen-bond donors (Lipinski definition) is 6. The highest BCUT2D eigenvalue weighted by atomic mass is 31.2. The van der Waals surface area contributed by atoms with Gasteiger partial charge in [-0.05, 0) is 44.9 Å². The predicted octanol–water partition coefficient (Wildman–Crippen LogP) is -2.00. The van der Waals surface area contributed by atoms with E-state index in [9.17, 15) is 43.4 Å². The smallest absolute Gasteiger partial charge is 0.391 e. The molecule has 0 aromatic heterocycles. The highest BCUT2D eigenvalue weighted by molar-refractivity contribution is 7.46. The molecule has 7 N–H and O–H groups in total. The lowest BCUT2D eigenvalue weighted by Gasteiger charge is -2.30. The van der Waals surface area contributed by atoms with Crippen molar-refractivity contribution < 1.29 is 48.0 Å². The number of amides is 4. The van der Waals surface area contributed by atoms with Crippen LogP contribution in [0.3, 0.4) is 0 Å². The van der Waals surface area contributed by atoms with Gasteiger partial charge in [-0.25, -0.2) is 4.57 Å². The third-order valence-corrected chi connectivity index (χ3v) is 7.23. The zero-order chi connectivity index (χ0) is 29.5.